The van der Waals surface area contributed by atoms with Crippen LogP contribution in [0.2, 0.25) is 0 Å². The lowest BCUT2D eigenvalue weighted by molar-refractivity contribution is 0.394. The minimum atomic E-state index is -0.0741. The van der Waals surface area contributed by atoms with E-state index < -0.39 is 0 Å². The normalized spacial score (nSPS) is 21.1. The molecule has 32 heavy (non-hydrogen) atoms. The quantitative estimate of drug-likeness (QED) is 0.524. The van der Waals surface area contributed by atoms with Crippen LogP contribution >= 0.6 is 12.2 Å². The average molecular weight is 449 g/mol. The summed E-state index contributed by atoms with van der Waals surface area (Å²) in [5.74, 6) is 1.46. The molecule has 0 spiro atoms. The fourth-order valence-electron chi connectivity index (χ4n) is 4.97. The van der Waals surface area contributed by atoms with Gasteiger partial charge in [0.1, 0.15) is 11.5 Å². The molecular formula is C25H28N4O2S. The fourth-order valence-corrected chi connectivity index (χ4v) is 5.31. The highest BCUT2D eigenvalue weighted by atomic mass is 32.1. The molecule has 1 aliphatic carbocycles. The van der Waals surface area contributed by atoms with Gasteiger partial charge in [-0.25, -0.2) is 0 Å². The van der Waals surface area contributed by atoms with Gasteiger partial charge in [0.2, 0.25) is 0 Å². The Balaban J connectivity index is 1.59. The number of rotatable bonds is 6. The van der Waals surface area contributed by atoms with E-state index in [4.69, 9.17) is 21.7 Å². The Morgan fingerprint density at radius 3 is 2.62 bits per heavy atom. The average Bonchev–Trinajstić information content (AvgIpc) is 3.59. The third-order valence-corrected chi connectivity index (χ3v) is 6.88. The molecule has 2 fully saturated rings. The molecule has 3 aromatic rings. The van der Waals surface area contributed by atoms with Crippen LogP contribution in [0.15, 0.2) is 61.1 Å². The van der Waals surface area contributed by atoms with Gasteiger partial charge in [-0.3, -0.25) is 4.98 Å². The second-order valence-corrected chi connectivity index (χ2v) is 8.75. The van der Waals surface area contributed by atoms with E-state index in [0.717, 1.165) is 22.9 Å². The first-order chi connectivity index (χ1) is 15.7. The van der Waals surface area contributed by atoms with Crippen LogP contribution < -0.4 is 19.7 Å². The zero-order valence-electron chi connectivity index (χ0n) is 18.4. The first kappa shape index (κ1) is 20.8. The zero-order valence-corrected chi connectivity index (χ0v) is 19.2. The van der Waals surface area contributed by atoms with Gasteiger partial charge in [-0.05, 0) is 61.0 Å². The number of hydrogen-bond acceptors (Lipinski definition) is 4. The Bertz CT molecular complexity index is 1090. The summed E-state index contributed by atoms with van der Waals surface area (Å²) in [6.45, 7) is 0. The minimum Gasteiger partial charge on any atom is -0.497 e. The number of thiocarbonyl (C=S) groups is 1. The van der Waals surface area contributed by atoms with E-state index in [0.29, 0.717) is 11.2 Å². The fraction of sp³-hybridized carbons (Fsp3) is 0.360. The molecule has 1 saturated heterocycles. The highest BCUT2D eigenvalue weighted by Crippen LogP contribution is 2.45. The van der Waals surface area contributed by atoms with Gasteiger partial charge in [0.25, 0.3) is 0 Å². The molecule has 166 valence electrons. The maximum Gasteiger partial charge on any atom is 0.174 e. The van der Waals surface area contributed by atoms with Crippen molar-refractivity contribution in [3.63, 3.8) is 0 Å². The van der Waals surface area contributed by atoms with Gasteiger partial charge in [-0.15, -0.1) is 0 Å². The first-order valence-corrected chi connectivity index (χ1v) is 11.5. The van der Waals surface area contributed by atoms with Crippen LogP contribution in [0.25, 0.3) is 0 Å². The van der Waals surface area contributed by atoms with Crippen LogP contribution in [-0.4, -0.2) is 28.9 Å². The number of hydrogen-bond donors (Lipinski definition) is 1. The maximum atomic E-state index is 5.85. The van der Waals surface area contributed by atoms with Gasteiger partial charge in [0.15, 0.2) is 5.11 Å². The number of nitrogens with one attached hydrogen (secondary N) is 1. The highest BCUT2D eigenvalue weighted by molar-refractivity contribution is 7.80. The van der Waals surface area contributed by atoms with Crippen molar-refractivity contribution in [1.29, 1.82) is 0 Å². The van der Waals surface area contributed by atoms with Crippen molar-refractivity contribution in [2.24, 2.45) is 0 Å². The summed E-state index contributed by atoms with van der Waals surface area (Å²) >= 11 is 5.85. The highest BCUT2D eigenvalue weighted by Gasteiger charge is 2.42. The number of pyridine rings is 1. The van der Waals surface area contributed by atoms with Gasteiger partial charge in [0.05, 0.1) is 37.7 Å². The van der Waals surface area contributed by atoms with Crippen molar-refractivity contribution in [3.8, 4) is 11.5 Å². The SMILES string of the molecule is COc1ccc(N2C(=S)NC(c3ccccn3)C2c2ccn(C3CCCC3)c2)c(OC)c1. The van der Waals surface area contributed by atoms with E-state index in [2.05, 4.69) is 44.3 Å². The lowest BCUT2D eigenvalue weighted by atomic mass is 9.98. The van der Waals surface area contributed by atoms with Crippen LogP contribution in [0.5, 0.6) is 11.5 Å². The predicted octanol–water partition coefficient (Wildman–Crippen LogP) is 5.19. The summed E-state index contributed by atoms with van der Waals surface area (Å²) in [4.78, 5) is 6.80. The second kappa shape index (κ2) is 8.82. The lowest BCUT2D eigenvalue weighted by Crippen LogP contribution is -2.29. The molecule has 5 rings (SSSR count). The zero-order chi connectivity index (χ0) is 22.1. The second-order valence-electron chi connectivity index (χ2n) is 8.36. The molecule has 2 atom stereocenters. The standard InChI is InChI=1S/C25H28N4O2S/c1-30-19-10-11-21(22(15-19)31-2)29-24(17-12-14-28(16-17)18-7-3-4-8-18)23(27-25(29)32)20-9-5-6-13-26-20/h5-6,9-16,18,23-24H,3-4,7-8H2,1-2H3,(H,27,32). The van der Waals surface area contributed by atoms with Crippen molar-refractivity contribution >= 4 is 23.0 Å². The Morgan fingerprint density at radius 1 is 1.06 bits per heavy atom. The Morgan fingerprint density at radius 2 is 1.91 bits per heavy atom. The van der Waals surface area contributed by atoms with Crippen LogP contribution in [-0.2, 0) is 0 Å². The summed E-state index contributed by atoms with van der Waals surface area (Å²) in [6, 6.07) is 14.5. The van der Waals surface area contributed by atoms with E-state index in [1.807, 2.05) is 36.5 Å². The van der Waals surface area contributed by atoms with E-state index in [1.54, 1.807) is 14.2 Å². The minimum absolute atomic E-state index is 0.0534. The summed E-state index contributed by atoms with van der Waals surface area (Å²) in [7, 11) is 3.33. The van der Waals surface area contributed by atoms with E-state index >= 15 is 0 Å². The van der Waals surface area contributed by atoms with Crippen molar-refractivity contribution < 1.29 is 9.47 Å². The van der Waals surface area contributed by atoms with E-state index in [1.165, 1.54) is 31.2 Å². The monoisotopic (exact) mass is 448 g/mol. The lowest BCUT2D eigenvalue weighted by Gasteiger charge is -2.28. The van der Waals surface area contributed by atoms with Crippen molar-refractivity contribution in [1.82, 2.24) is 14.9 Å². The van der Waals surface area contributed by atoms with E-state index in [-0.39, 0.29) is 12.1 Å². The Labute approximate surface area is 194 Å². The Hall–Kier alpha value is -3.06. The summed E-state index contributed by atoms with van der Waals surface area (Å²) in [5, 5.41) is 4.18. The number of anilines is 1. The molecule has 1 N–H and O–H groups in total. The molecule has 7 heteroatoms. The molecule has 0 radical (unpaired) electrons. The molecule has 1 aromatic carbocycles. The summed E-state index contributed by atoms with van der Waals surface area (Å²) in [5.41, 5.74) is 3.07. The largest absolute Gasteiger partial charge is 0.497 e. The van der Waals surface area contributed by atoms with Gasteiger partial charge < -0.3 is 24.3 Å². The van der Waals surface area contributed by atoms with Crippen LogP contribution in [0.3, 0.4) is 0 Å². The summed E-state index contributed by atoms with van der Waals surface area (Å²) in [6.07, 6.45) is 11.4. The van der Waals surface area contributed by atoms with Gasteiger partial charge in [0, 0.05) is 30.7 Å². The third kappa shape index (κ3) is 3.71. The van der Waals surface area contributed by atoms with Gasteiger partial charge in [-0.1, -0.05) is 18.9 Å². The van der Waals surface area contributed by atoms with Crippen molar-refractivity contribution in [2.75, 3.05) is 19.1 Å². The van der Waals surface area contributed by atoms with Gasteiger partial charge in [-0.2, -0.15) is 0 Å². The molecule has 0 bridgehead atoms. The van der Waals surface area contributed by atoms with Crippen LogP contribution in [0.4, 0.5) is 5.69 Å². The topological polar surface area (TPSA) is 51.5 Å². The Kier molecular flexibility index (Phi) is 5.74. The smallest absolute Gasteiger partial charge is 0.174 e. The molecule has 1 saturated carbocycles. The van der Waals surface area contributed by atoms with Crippen molar-refractivity contribution in [2.45, 2.75) is 43.8 Å². The molecule has 1 aliphatic heterocycles. The number of methoxy groups -OCH3 is 2. The first-order valence-electron chi connectivity index (χ1n) is 11.1. The molecule has 0 amide bonds. The number of benzene rings is 1. The molecule has 2 aliphatic rings. The molecule has 3 heterocycles. The van der Waals surface area contributed by atoms with E-state index in [9.17, 15) is 0 Å². The molecule has 2 aromatic heterocycles. The van der Waals surface area contributed by atoms with Gasteiger partial charge >= 0.3 is 0 Å². The molecule has 2 unspecified atom stereocenters. The predicted molar refractivity (Wildman–Crippen MR) is 129 cm³/mol. The number of nitrogens with zero attached hydrogens (tertiary/aromatic N) is 3. The molecular weight excluding hydrogens is 420 g/mol. The maximum absolute atomic E-state index is 5.85. The van der Waals surface area contributed by atoms with Crippen molar-refractivity contribution in [3.05, 3.63) is 72.3 Å². The summed E-state index contributed by atoms with van der Waals surface area (Å²) < 4.78 is 13.5. The third-order valence-electron chi connectivity index (χ3n) is 6.57. The molecule has 6 nitrogen and oxygen atoms in total. The number of ether oxygens (including phenoxy) is 2. The van der Waals surface area contributed by atoms with Crippen LogP contribution in [0, 0.1) is 0 Å². The van der Waals surface area contributed by atoms with Crippen LogP contribution in [0.1, 0.15) is 55.1 Å². The number of aromatic nitrogens is 2.